The molecule has 3 aromatic rings. The first-order chi connectivity index (χ1) is 14.1. The number of anilines is 1. The number of nitrogens with one attached hydrogen (secondary N) is 1. The first-order valence-electron chi connectivity index (χ1n) is 10.1. The van der Waals surface area contributed by atoms with Crippen LogP contribution in [0.1, 0.15) is 47.8 Å². The lowest BCUT2D eigenvalue weighted by Crippen LogP contribution is -2.33. The summed E-state index contributed by atoms with van der Waals surface area (Å²) in [4.78, 5) is 22.9. The van der Waals surface area contributed by atoms with Crippen molar-refractivity contribution in [2.24, 2.45) is 0 Å². The van der Waals surface area contributed by atoms with Gasteiger partial charge in [-0.05, 0) is 50.6 Å². The van der Waals surface area contributed by atoms with Crippen LogP contribution in [0.4, 0.5) is 5.69 Å². The van der Waals surface area contributed by atoms with Crippen LogP contribution in [-0.2, 0) is 17.9 Å². The Morgan fingerprint density at radius 3 is 2.62 bits per heavy atom. The van der Waals surface area contributed by atoms with Gasteiger partial charge in [0.15, 0.2) is 0 Å². The van der Waals surface area contributed by atoms with Gasteiger partial charge >= 0.3 is 0 Å². The Labute approximate surface area is 175 Å². The summed E-state index contributed by atoms with van der Waals surface area (Å²) in [6, 6.07) is 8.14. The first-order valence-corrected chi connectivity index (χ1v) is 11.0. The third-order valence-corrected chi connectivity index (χ3v) is 6.20. The van der Waals surface area contributed by atoms with Crippen LogP contribution >= 0.6 is 11.3 Å². The topological polar surface area (TPSA) is 63.1 Å². The molecule has 0 atom stereocenters. The summed E-state index contributed by atoms with van der Waals surface area (Å²) < 4.78 is 2.26. The molecule has 2 aromatic heterocycles. The Kier molecular flexibility index (Phi) is 6.06. The van der Waals surface area contributed by atoms with Crippen LogP contribution in [0.2, 0.25) is 0 Å². The third kappa shape index (κ3) is 5.10. The molecule has 1 aliphatic rings. The number of rotatable bonds is 6. The minimum Gasteiger partial charge on any atom is -0.329 e. The smallest absolute Gasteiger partial charge is 0.221 e. The van der Waals surface area contributed by atoms with Gasteiger partial charge in [-0.1, -0.05) is 12.1 Å². The van der Waals surface area contributed by atoms with Crippen LogP contribution in [0.5, 0.6) is 0 Å². The molecular weight excluding hydrogens is 382 g/mol. The number of aryl methyl sites for hydroxylation is 1. The van der Waals surface area contributed by atoms with Crippen LogP contribution in [0.25, 0.3) is 0 Å². The standard InChI is InChI=1S/C22H27N5OS/c1-16(28)24-20-5-3-18(4-6-20)13-26-10-7-19(8-11-26)22-23-9-12-27(22)14-21-15-29-17(2)25-21/h3-6,9,12,15,19H,7-8,10-11,13-14H2,1-2H3,(H,24,28). The van der Waals surface area contributed by atoms with E-state index in [4.69, 9.17) is 0 Å². The number of benzene rings is 1. The summed E-state index contributed by atoms with van der Waals surface area (Å²) in [6.07, 6.45) is 6.23. The van der Waals surface area contributed by atoms with Crippen LogP contribution in [0, 0.1) is 6.92 Å². The van der Waals surface area contributed by atoms with Gasteiger partial charge in [-0.3, -0.25) is 9.69 Å². The van der Waals surface area contributed by atoms with Crippen molar-refractivity contribution in [1.29, 1.82) is 0 Å². The molecule has 0 spiro atoms. The van der Waals surface area contributed by atoms with E-state index in [1.54, 1.807) is 11.3 Å². The zero-order valence-corrected chi connectivity index (χ0v) is 17.8. The Balaban J connectivity index is 1.32. The molecule has 6 nitrogen and oxygen atoms in total. The van der Waals surface area contributed by atoms with Gasteiger partial charge in [-0.25, -0.2) is 9.97 Å². The molecule has 29 heavy (non-hydrogen) atoms. The quantitative estimate of drug-likeness (QED) is 0.668. The maximum absolute atomic E-state index is 11.1. The summed E-state index contributed by atoms with van der Waals surface area (Å²) in [5.41, 5.74) is 3.24. The average Bonchev–Trinajstić information content (AvgIpc) is 3.33. The second-order valence-corrected chi connectivity index (χ2v) is 8.76. The van der Waals surface area contributed by atoms with Crippen LogP contribution in [0.3, 0.4) is 0 Å². The van der Waals surface area contributed by atoms with Gasteiger partial charge in [0.05, 0.1) is 17.2 Å². The fourth-order valence-corrected chi connectivity index (χ4v) is 4.58. The largest absolute Gasteiger partial charge is 0.329 e. The number of aromatic nitrogens is 3. The highest BCUT2D eigenvalue weighted by Crippen LogP contribution is 2.28. The van der Waals surface area contributed by atoms with E-state index >= 15 is 0 Å². The van der Waals surface area contributed by atoms with Crippen LogP contribution in [0.15, 0.2) is 42.0 Å². The molecule has 152 valence electrons. The van der Waals surface area contributed by atoms with E-state index in [1.165, 1.54) is 18.3 Å². The van der Waals surface area contributed by atoms with E-state index in [9.17, 15) is 4.79 Å². The number of nitrogens with zero attached hydrogens (tertiary/aromatic N) is 4. The van der Waals surface area contributed by atoms with Gasteiger partial charge in [0, 0.05) is 42.8 Å². The molecule has 3 heterocycles. The molecule has 0 aliphatic carbocycles. The monoisotopic (exact) mass is 409 g/mol. The van der Waals surface area contributed by atoms with Crippen LogP contribution in [-0.4, -0.2) is 38.4 Å². The van der Waals surface area contributed by atoms with Crippen molar-refractivity contribution in [1.82, 2.24) is 19.4 Å². The maximum atomic E-state index is 11.1. The van der Waals surface area contributed by atoms with Crippen LogP contribution < -0.4 is 5.32 Å². The molecule has 0 saturated carbocycles. The van der Waals surface area contributed by atoms with Gasteiger partial charge in [-0.15, -0.1) is 11.3 Å². The number of thiazole rings is 1. The number of imidazole rings is 1. The predicted octanol–water partition coefficient (Wildman–Crippen LogP) is 4.03. The summed E-state index contributed by atoms with van der Waals surface area (Å²) in [6.45, 7) is 7.47. The lowest BCUT2D eigenvalue weighted by atomic mass is 9.95. The number of carbonyl (C=O) groups is 1. The molecule has 4 rings (SSSR count). The van der Waals surface area contributed by atoms with Gasteiger partial charge in [-0.2, -0.15) is 0 Å². The van der Waals surface area contributed by atoms with Crippen molar-refractivity contribution in [3.05, 3.63) is 64.1 Å². The van der Waals surface area contributed by atoms with E-state index in [0.29, 0.717) is 5.92 Å². The van der Waals surface area contributed by atoms with Gasteiger partial charge in [0.1, 0.15) is 5.82 Å². The third-order valence-electron chi connectivity index (χ3n) is 5.38. The summed E-state index contributed by atoms with van der Waals surface area (Å²) in [5, 5.41) is 6.06. The molecule has 0 bridgehead atoms. The number of carbonyl (C=O) groups excluding carboxylic acids is 1. The van der Waals surface area contributed by atoms with Crippen molar-refractivity contribution in [3.63, 3.8) is 0 Å². The maximum Gasteiger partial charge on any atom is 0.221 e. The number of hydrogen-bond donors (Lipinski definition) is 1. The Morgan fingerprint density at radius 1 is 1.21 bits per heavy atom. The SMILES string of the molecule is CC(=O)Nc1ccc(CN2CCC(c3nccn3Cc3csc(C)n3)CC2)cc1. The van der Waals surface area contributed by atoms with Crippen molar-refractivity contribution in [3.8, 4) is 0 Å². The second-order valence-electron chi connectivity index (χ2n) is 7.70. The zero-order valence-electron chi connectivity index (χ0n) is 17.0. The van der Waals surface area contributed by atoms with Gasteiger partial charge in [0.25, 0.3) is 0 Å². The lowest BCUT2D eigenvalue weighted by Gasteiger charge is -2.32. The molecule has 1 N–H and O–H groups in total. The lowest BCUT2D eigenvalue weighted by molar-refractivity contribution is -0.114. The Morgan fingerprint density at radius 2 is 1.97 bits per heavy atom. The minimum atomic E-state index is -0.0388. The van der Waals surface area contributed by atoms with Gasteiger partial charge < -0.3 is 9.88 Å². The summed E-state index contributed by atoms with van der Waals surface area (Å²) in [7, 11) is 0. The minimum absolute atomic E-state index is 0.0388. The van der Waals surface area contributed by atoms with Gasteiger partial charge in [0.2, 0.25) is 5.91 Å². The number of amides is 1. The van der Waals surface area contributed by atoms with Crippen molar-refractivity contribution in [2.75, 3.05) is 18.4 Å². The van der Waals surface area contributed by atoms with Crippen molar-refractivity contribution < 1.29 is 4.79 Å². The summed E-state index contributed by atoms with van der Waals surface area (Å²) >= 11 is 1.70. The molecule has 1 fully saturated rings. The molecule has 1 saturated heterocycles. The molecule has 7 heteroatoms. The predicted molar refractivity (Wildman–Crippen MR) is 116 cm³/mol. The summed E-state index contributed by atoms with van der Waals surface area (Å²) in [5.74, 6) is 1.65. The van der Waals surface area contributed by atoms with E-state index in [-0.39, 0.29) is 5.91 Å². The first kappa shape index (κ1) is 19.8. The highest BCUT2D eigenvalue weighted by molar-refractivity contribution is 7.09. The van der Waals surface area contributed by atoms with E-state index in [0.717, 1.165) is 55.4 Å². The average molecular weight is 410 g/mol. The number of likely N-dealkylation sites (tertiary alicyclic amines) is 1. The van der Waals surface area contributed by atoms with E-state index in [1.807, 2.05) is 25.3 Å². The highest BCUT2D eigenvalue weighted by atomic mass is 32.1. The second kappa shape index (κ2) is 8.88. The number of hydrogen-bond acceptors (Lipinski definition) is 5. The van der Waals surface area contributed by atoms with Crippen molar-refractivity contribution >= 4 is 22.9 Å². The molecule has 0 unspecified atom stereocenters. The normalized spacial score (nSPS) is 15.5. The fraction of sp³-hybridized carbons (Fsp3) is 0.409. The molecular formula is C22H27N5OS. The Bertz CT molecular complexity index is 954. The highest BCUT2D eigenvalue weighted by Gasteiger charge is 2.24. The zero-order chi connectivity index (χ0) is 20.2. The van der Waals surface area contributed by atoms with Crippen molar-refractivity contribution in [2.45, 2.75) is 45.7 Å². The molecule has 1 amide bonds. The van der Waals surface area contributed by atoms with E-state index < -0.39 is 0 Å². The fourth-order valence-electron chi connectivity index (χ4n) is 3.97. The molecule has 1 aliphatic heterocycles. The molecule has 0 radical (unpaired) electrons. The molecule has 1 aromatic carbocycles. The Hall–Kier alpha value is -2.51. The number of piperidine rings is 1. The van der Waals surface area contributed by atoms with E-state index in [2.05, 4.69) is 48.5 Å².